The molecule has 16 heavy (non-hydrogen) atoms. The molecule has 2 atom stereocenters. The monoisotopic (exact) mass is 214 g/mol. The molecular formula is C14H14O2. The van der Waals surface area contributed by atoms with Gasteiger partial charge in [0.1, 0.15) is 12.6 Å². The zero-order valence-corrected chi connectivity index (χ0v) is 9.00. The van der Waals surface area contributed by atoms with Crippen LogP contribution in [0.4, 0.5) is 0 Å². The lowest BCUT2D eigenvalue weighted by Crippen LogP contribution is -2.11. The van der Waals surface area contributed by atoms with Crippen molar-refractivity contribution in [3.05, 3.63) is 47.6 Å². The first-order valence-electron chi connectivity index (χ1n) is 5.48. The number of hydrogen-bond donors (Lipinski definition) is 0. The second-order valence-electron chi connectivity index (χ2n) is 4.21. The van der Waals surface area contributed by atoms with Crippen LogP contribution in [0.15, 0.2) is 47.6 Å². The van der Waals surface area contributed by atoms with Gasteiger partial charge in [0.2, 0.25) is 0 Å². The zero-order valence-electron chi connectivity index (χ0n) is 9.00. The summed E-state index contributed by atoms with van der Waals surface area (Å²) >= 11 is 0. The van der Waals surface area contributed by atoms with Gasteiger partial charge >= 0.3 is 0 Å². The zero-order chi connectivity index (χ0) is 11.4. The van der Waals surface area contributed by atoms with Gasteiger partial charge in [-0.3, -0.25) is 0 Å². The Morgan fingerprint density at radius 3 is 1.88 bits per heavy atom. The number of allylic oxidation sites excluding steroid dienone is 8. The van der Waals surface area contributed by atoms with E-state index in [2.05, 4.69) is 0 Å². The Morgan fingerprint density at radius 2 is 1.44 bits per heavy atom. The molecule has 2 aliphatic carbocycles. The molecule has 0 radical (unpaired) electrons. The van der Waals surface area contributed by atoms with Crippen LogP contribution in [0, 0.1) is 11.8 Å². The maximum atomic E-state index is 10.9. The molecule has 0 saturated heterocycles. The number of hydrogen-bond acceptors (Lipinski definition) is 2. The minimum Gasteiger partial charge on any atom is -0.303 e. The van der Waals surface area contributed by atoms with E-state index in [1.54, 1.807) is 0 Å². The van der Waals surface area contributed by atoms with Crippen LogP contribution < -0.4 is 0 Å². The summed E-state index contributed by atoms with van der Waals surface area (Å²) in [6.07, 6.45) is 15.2. The summed E-state index contributed by atoms with van der Waals surface area (Å²) in [6.45, 7) is 0. The molecule has 0 aromatic heterocycles. The van der Waals surface area contributed by atoms with Crippen molar-refractivity contribution < 1.29 is 9.59 Å². The SMILES string of the molecule is O=C[C@@H]1/C=C2/C=CC=C/C(=C/[C@@H](C=O)C1)C2. The predicted molar refractivity (Wildman–Crippen MR) is 62.8 cm³/mol. The molecule has 0 N–H and O–H groups in total. The second kappa shape index (κ2) is 4.88. The molecule has 0 saturated carbocycles. The molecule has 0 fully saturated rings. The van der Waals surface area contributed by atoms with E-state index in [0.717, 1.165) is 30.1 Å². The van der Waals surface area contributed by atoms with Crippen molar-refractivity contribution in [1.29, 1.82) is 0 Å². The van der Waals surface area contributed by atoms with E-state index in [0.29, 0.717) is 6.42 Å². The Bertz CT molecular complexity index is 372. The summed E-state index contributed by atoms with van der Waals surface area (Å²) in [5.74, 6) is -0.295. The summed E-state index contributed by atoms with van der Waals surface area (Å²) < 4.78 is 0. The normalized spacial score (nSPS) is 34.8. The highest BCUT2D eigenvalue weighted by molar-refractivity contribution is 5.63. The van der Waals surface area contributed by atoms with Crippen molar-refractivity contribution in [1.82, 2.24) is 0 Å². The summed E-state index contributed by atoms with van der Waals surface area (Å²) in [5, 5.41) is 0. The van der Waals surface area contributed by atoms with Gasteiger partial charge in [0.25, 0.3) is 0 Å². The van der Waals surface area contributed by atoms with E-state index in [1.807, 2.05) is 36.5 Å². The molecule has 0 spiro atoms. The molecule has 0 aliphatic heterocycles. The summed E-state index contributed by atoms with van der Waals surface area (Å²) in [5.41, 5.74) is 2.30. The molecule has 2 nitrogen and oxygen atoms in total. The van der Waals surface area contributed by atoms with Gasteiger partial charge in [-0.25, -0.2) is 0 Å². The maximum Gasteiger partial charge on any atom is 0.126 e. The molecule has 2 rings (SSSR count). The highest BCUT2D eigenvalue weighted by Crippen LogP contribution is 2.26. The molecular weight excluding hydrogens is 200 g/mol. The number of fused-ring (bicyclic) bond motifs is 2. The number of carbonyl (C=O) groups is 2. The summed E-state index contributed by atoms with van der Waals surface area (Å²) in [6, 6.07) is 0. The van der Waals surface area contributed by atoms with Crippen LogP contribution in [0.25, 0.3) is 0 Å². The first-order valence-corrected chi connectivity index (χ1v) is 5.48. The Balaban J connectivity index is 2.36. The van der Waals surface area contributed by atoms with Gasteiger partial charge in [-0.05, 0) is 24.0 Å². The van der Waals surface area contributed by atoms with Gasteiger partial charge in [0.15, 0.2) is 0 Å². The van der Waals surface area contributed by atoms with Gasteiger partial charge < -0.3 is 9.59 Å². The van der Waals surface area contributed by atoms with Crippen LogP contribution in [0.2, 0.25) is 0 Å². The van der Waals surface area contributed by atoms with E-state index in [9.17, 15) is 9.59 Å². The van der Waals surface area contributed by atoms with Crippen molar-refractivity contribution in [2.24, 2.45) is 11.8 Å². The summed E-state index contributed by atoms with van der Waals surface area (Å²) in [4.78, 5) is 21.8. The maximum absolute atomic E-state index is 10.9. The Morgan fingerprint density at radius 1 is 0.938 bits per heavy atom. The van der Waals surface area contributed by atoms with E-state index in [4.69, 9.17) is 0 Å². The Hall–Kier alpha value is -1.70. The third-order valence-corrected chi connectivity index (χ3v) is 2.89. The lowest BCUT2D eigenvalue weighted by Gasteiger charge is -2.15. The van der Waals surface area contributed by atoms with Gasteiger partial charge in [-0.2, -0.15) is 0 Å². The molecule has 2 heteroatoms. The molecule has 0 aromatic carbocycles. The van der Waals surface area contributed by atoms with Crippen LogP contribution in [0.5, 0.6) is 0 Å². The largest absolute Gasteiger partial charge is 0.303 e. The van der Waals surface area contributed by atoms with Crippen molar-refractivity contribution in [2.45, 2.75) is 12.8 Å². The molecule has 0 aromatic rings. The second-order valence-corrected chi connectivity index (χ2v) is 4.21. The molecule has 2 bridgehead atoms. The minimum atomic E-state index is -0.147. The van der Waals surface area contributed by atoms with E-state index in [1.165, 1.54) is 0 Å². The van der Waals surface area contributed by atoms with Crippen LogP contribution in [0.3, 0.4) is 0 Å². The fourth-order valence-corrected chi connectivity index (χ4v) is 2.13. The molecule has 82 valence electrons. The third kappa shape index (κ3) is 2.45. The van der Waals surface area contributed by atoms with Gasteiger partial charge in [-0.1, -0.05) is 36.5 Å². The van der Waals surface area contributed by atoms with Crippen molar-refractivity contribution >= 4 is 12.6 Å². The number of aldehydes is 2. The van der Waals surface area contributed by atoms with Crippen LogP contribution in [-0.2, 0) is 9.59 Å². The van der Waals surface area contributed by atoms with Crippen molar-refractivity contribution in [2.75, 3.05) is 0 Å². The molecule has 0 heterocycles. The smallest absolute Gasteiger partial charge is 0.126 e. The molecule has 0 amide bonds. The molecule has 2 aliphatic rings. The quantitative estimate of drug-likeness (QED) is 0.661. The molecule has 0 unspecified atom stereocenters. The van der Waals surface area contributed by atoms with Crippen LogP contribution in [-0.4, -0.2) is 12.6 Å². The van der Waals surface area contributed by atoms with Crippen LogP contribution in [0.1, 0.15) is 12.8 Å². The third-order valence-electron chi connectivity index (χ3n) is 2.89. The average molecular weight is 214 g/mol. The van der Waals surface area contributed by atoms with Gasteiger partial charge in [0, 0.05) is 11.8 Å². The minimum absolute atomic E-state index is 0.147. The lowest BCUT2D eigenvalue weighted by atomic mass is 9.88. The van der Waals surface area contributed by atoms with Crippen molar-refractivity contribution in [3.8, 4) is 0 Å². The first kappa shape index (κ1) is 10.8. The first-order chi connectivity index (χ1) is 7.81. The average Bonchev–Trinajstić information content (AvgIpc) is 2.50. The van der Waals surface area contributed by atoms with E-state index in [-0.39, 0.29) is 11.8 Å². The lowest BCUT2D eigenvalue weighted by molar-refractivity contribution is -0.112. The Labute approximate surface area is 95.0 Å². The number of rotatable bonds is 2. The van der Waals surface area contributed by atoms with Crippen LogP contribution >= 0.6 is 0 Å². The predicted octanol–water partition coefficient (Wildman–Crippen LogP) is 2.39. The van der Waals surface area contributed by atoms with E-state index >= 15 is 0 Å². The van der Waals surface area contributed by atoms with Gasteiger partial charge in [0.05, 0.1) is 0 Å². The topological polar surface area (TPSA) is 34.1 Å². The number of carbonyl (C=O) groups excluding carboxylic acids is 2. The van der Waals surface area contributed by atoms with E-state index < -0.39 is 0 Å². The standard InChI is InChI=1S/C14H14O2/c15-9-13-6-11-3-1-2-4-12(5-11)7-14(8-13)10-16/h1-4,6-7,9-10,13-14H,5,8H2/b11-6-,12-7-/t13-,14-/m1/s1. The Kier molecular flexibility index (Phi) is 3.30. The fourth-order valence-electron chi connectivity index (χ4n) is 2.13. The van der Waals surface area contributed by atoms with Crippen molar-refractivity contribution in [3.63, 3.8) is 0 Å². The summed E-state index contributed by atoms with van der Waals surface area (Å²) in [7, 11) is 0. The van der Waals surface area contributed by atoms with Gasteiger partial charge in [-0.15, -0.1) is 0 Å². The highest BCUT2D eigenvalue weighted by atomic mass is 16.1. The highest BCUT2D eigenvalue weighted by Gasteiger charge is 2.16. The fraction of sp³-hybridized carbons (Fsp3) is 0.286.